The van der Waals surface area contributed by atoms with Gasteiger partial charge in [-0.3, -0.25) is 14.5 Å². The van der Waals surface area contributed by atoms with Gasteiger partial charge in [-0.15, -0.1) is 0 Å². The second-order valence-corrected chi connectivity index (χ2v) is 5.20. The van der Waals surface area contributed by atoms with Gasteiger partial charge in [0.2, 0.25) is 0 Å². The first-order valence-electron chi connectivity index (χ1n) is 6.07. The van der Waals surface area contributed by atoms with E-state index < -0.39 is 11.7 Å². The Hall–Kier alpha value is -2.18. The highest BCUT2D eigenvalue weighted by Crippen LogP contribution is 2.42. The van der Waals surface area contributed by atoms with Crippen LogP contribution < -0.4 is 9.64 Å². The number of hydrogen-bond acceptors (Lipinski definition) is 4. The summed E-state index contributed by atoms with van der Waals surface area (Å²) in [4.78, 5) is 28.4. The fourth-order valence-electron chi connectivity index (χ4n) is 2.17. The van der Waals surface area contributed by atoms with Gasteiger partial charge in [-0.1, -0.05) is 23.2 Å². The van der Waals surface area contributed by atoms with Crippen molar-refractivity contribution in [2.45, 2.75) is 0 Å². The largest absolute Gasteiger partial charge is 0.482 e. The second-order valence-electron chi connectivity index (χ2n) is 4.41. The van der Waals surface area contributed by atoms with Crippen LogP contribution in [0.15, 0.2) is 24.4 Å². The number of rotatable bonds is 2. The predicted octanol–water partition coefficient (Wildman–Crippen LogP) is 3.40. The van der Waals surface area contributed by atoms with Gasteiger partial charge < -0.3 is 4.74 Å². The molecule has 0 saturated heterocycles. The van der Waals surface area contributed by atoms with E-state index in [1.54, 1.807) is 0 Å². The van der Waals surface area contributed by atoms with Crippen LogP contribution in [-0.2, 0) is 4.79 Å². The molecule has 8 heteroatoms. The molecule has 0 unspecified atom stereocenters. The van der Waals surface area contributed by atoms with E-state index in [4.69, 9.17) is 27.9 Å². The Morgan fingerprint density at radius 1 is 1.36 bits per heavy atom. The second kappa shape index (κ2) is 5.55. The molecule has 22 heavy (non-hydrogen) atoms. The van der Waals surface area contributed by atoms with Crippen molar-refractivity contribution in [3.8, 4) is 5.75 Å². The smallest absolute Gasteiger partial charge is 0.269 e. The number of carbonyl (C=O) groups is 2. The Bertz CT molecular complexity index is 798. The molecule has 2 heterocycles. The molecule has 0 aliphatic carbocycles. The summed E-state index contributed by atoms with van der Waals surface area (Å²) in [6.07, 6.45) is 1.63. The van der Waals surface area contributed by atoms with E-state index in [9.17, 15) is 14.0 Å². The molecule has 1 aliphatic rings. The quantitative estimate of drug-likeness (QED) is 0.621. The first kappa shape index (κ1) is 14.7. The van der Waals surface area contributed by atoms with Gasteiger partial charge in [0.1, 0.15) is 17.3 Å². The number of nitrogens with zero attached hydrogens (tertiary/aromatic N) is 2. The lowest BCUT2D eigenvalue weighted by atomic mass is 10.1. The first-order valence-corrected chi connectivity index (χ1v) is 6.83. The van der Waals surface area contributed by atoms with Crippen molar-refractivity contribution < 1.29 is 18.7 Å². The topological polar surface area (TPSA) is 59.5 Å². The van der Waals surface area contributed by atoms with Crippen molar-refractivity contribution in [1.29, 1.82) is 0 Å². The zero-order valence-corrected chi connectivity index (χ0v) is 12.4. The number of ether oxygens (including phenoxy) is 1. The van der Waals surface area contributed by atoms with Crippen molar-refractivity contribution in [3.63, 3.8) is 0 Å². The summed E-state index contributed by atoms with van der Waals surface area (Å²) < 4.78 is 19.1. The summed E-state index contributed by atoms with van der Waals surface area (Å²) in [6.45, 7) is -0.278. The fraction of sp³-hybridized carbons (Fsp3) is 0.0714. The van der Waals surface area contributed by atoms with Crippen LogP contribution in [0.4, 0.5) is 15.8 Å². The summed E-state index contributed by atoms with van der Waals surface area (Å²) in [5.74, 6) is -1.10. The third kappa shape index (κ3) is 2.30. The molecule has 0 saturated carbocycles. The molecular weight excluding hydrogens is 334 g/mol. The minimum atomic E-state index is -0.775. The van der Waals surface area contributed by atoms with E-state index in [0.29, 0.717) is 6.29 Å². The van der Waals surface area contributed by atoms with Crippen molar-refractivity contribution >= 4 is 46.8 Å². The highest BCUT2D eigenvalue weighted by molar-refractivity contribution is 6.35. The summed E-state index contributed by atoms with van der Waals surface area (Å²) >= 11 is 11.9. The van der Waals surface area contributed by atoms with Crippen LogP contribution in [-0.4, -0.2) is 23.8 Å². The summed E-state index contributed by atoms with van der Waals surface area (Å²) in [6, 6.07) is 3.83. The number of benzene rings is 1. The molecular formula is C14H7Cl2FN2O3. The molecule has 1 amide bonds. The molecule has 5 nitrogen and oxygen atoms in total. The van der Waals surface area contributed by atoms with E-state index >= 15 is 0 Å². The van der Waals surface area contributed by atoms with E-state index in [1.165, 1.54) is 18.3 Å². The standard InChI is InChI=1S/C14H7Cl2FN2O3/c15-7-3-10(14(16)18-4-7)19-12(21)6-22-11-2-1-9(17)8(5-20)13(11)19/h1-5H,6H2. The maximum absolute atomic E-state index is 13.9. The monoisotopic (exact) mass is 340 g/mol. The van der Waals surface area contributed by atoms with Crippen LogP contribution in [0.25, 0.3) is 0 Å². The van der Waals surface area contributed by atoms with Crippen molar-refractivity contribution in [2.75, 3.05) is 11.5 Å². The average molecular weight is 341 g/mol. The van der Waals surface area contributed by atoms with Gasteiger partial charge in [0.05, 0.1) is 16.3 Å². The van der Waals surface area contributed by atoms with Crippen LogP contribution in [0, 0.1) is 5.82 Å². The average Bonchev–Trinajstić information content (AvgIpc) is 2.50. The van der Waals surface area contributed by atoms with Gasteiger partial charge in [-0.2, -0.15) is 0 Å². The van der Waals surface area contributed by atoms with Crippen LogP contribution in [0.2, 0.25) is 10.2 Å². The lowest BCUT2D eigenvalue weighted by Crippen LogP contribution is -2.36. The highest BCUT2D eigenvalue weighted by atomic mass is 35.5. The predicted molar refractivity (Wildman–Crippen MR) is 78.7 cm³/mol. The summed E-state index contributed by atoms with van der Waals surface area (Å²) in [5.41, 5.74) is -0.170. The Balaban J connectivity index is 2.30. The summed E-state index contributed by atoms with van der Waals surface area (Å²) in [7, 11) is 0. The number of hydrogen-bond donors (Lipinski definition) is 0. The number of anilines is 2. The highest BCUT2D eigenvalue weighted by Gasteiger charge is 2.32. The molecule has 0 bridgehead atoms. The number of halogens is 3. The maximum Gasteiger partial charge on any atom is 0.269 e. The number of fused-ring (bicyclic) bond motifs is 1. The Morgan fingerprint density at radius 3 is 2.86 bits per heavy atom. The lowest BCUT2D eigenvalue weighted by molar-refractivity contribution is -0.120. The molecule has 0 fully saturated rings. The molecule has 1 aliphatic heterocycles. The molecule has 1 aromatic carbocycles. The third-order valence-corrected chi connectivity index (χ3v) is 3.59. The van der Waals surface area contributed by atoms with Crippen molar-refractivity contribution in [1.82, 2.24) is 4.98 Å². The van der Waals surface area contributed by atoms with Crippen LogP contribution >= 0.6 is 23.2 Å². The third-order valence-electron chi connectivity index (χ3n) is 3.10. The maximum atomic E-state index is 13.9. The minimum absolute atomic E-state index is 0.00768. The van der Waals surface area contributed by atoms with Crippen molar-refractivity contribution in [2.24, 2.45) is 0 Å². The van der Waals surface area contributed by atoms with E-state index in [2.05, 4.69) is 4.98 Å². The summed E-state index contributed by atoms with van der Waals surface area (Å²) in [5, 5.41) is 0.232. The van der Waals surface area contributed by atoms with Gasteiger partial charge in [0.25, 0.3) is 5.91 Å². The molecule has 112 valence electrons. The minimum Gasteiger partial charge on any atom is -0.482 e. The Kier molecular flexibility index (Phi) is 3.72. The molecule has 3 rings (SSSR count). The Morgan fingerprint density at radius 2 is 2.14 bits per heavy atom. The van der Waals surface area contributed by atoms with Gasteiger partial charge in [-0.25, -0.2) is 9.37 Å². The van der Waals surface area contributed by atoms with Crippen molar-refractivity contribution in [3.05, 3.63) is 46.0 Å². The van der Waals surface area contributed by atoms with Gasteiger partial charge in [-0.05, 0) is 18.2 Å². The van der Waals surface area contributed by atoms with E-state index in [0.717, 1.165) is 11.0 Å². The van der Waals surface area contributed by atoms with Crippen LogP contribution in [0.3, 0.4) is 0 Å². The molecule has 0 radical (unpaired) electrons. The number of aromatic nitrogens is 1. The Labute approximate surface area is 134 Å². The number of carbonyl (C=O) groups excluding carboxylic acids is 2. The fourth-order valence-corrected chi connectivity index (χ4v) is 2.51. The SMILES string of the molecule is O=Cc1c(F)ccc2c1N(c1cc(Cl)cnc1Cl)C(=O)CO2. The molecule has 0 N–H and O–H groups in total. The van der Waals surface area contributed by atoms with Crippen LogP contribution in [0.5, 0.6) is 5.75 Å². The molecule has 0 spiro atoms. The molecule has 1 aromatic heterocycles. The van der Waals surface area contributed by atoms with E-state index in [1.807, 2.05) is 0 Å². The number of amides is 1. The first-order chi connectivity index (χ1) is 10.5. The zero-order chi connectivity index (χ0) is 15.9. The zero-order valence-electron chi connectivity index (χ0n) is 10.8. The normalized spacial score (nSPS) is 13.6. The van der Waals surface area contributed by atoms with Gasteiger partial charge in [0, 0.05) is 6.20 Å². The number of aldehydes is 1. The van der Waals surface area contributed by atoms with Crippen LogP contribution in [0.1, 0.15) is 10.4 Å². The van der Waals surface area contributed by atoms with Gasteiger partial charge in [0.15, 0.2) is 18.0 Å². The lowest BCUT2D eigenvalue weighted by Gasteiger charge is -2.30. The van der Waals surface area contributed by atoms with E-state index in [-0.39, 0.29) is 39.5 Å². The molecule has 0 atom stereocenters. The molecule has 2 aromatic rings. The van der Waals surface area contributed by atoms with Gasteiger partial charge >= 0.3 is 0 Å². The number of pyridine rings is 1.